The molecule has 0 radical (unpaired) electrons. The van der Waals surface area contributed by atoms with Crippen molar-refractivity contribution in [2.24, 2.45) is 0 Å². The molecule has 0 spiro atoms. The first kappa shape index (κ1) is 19.8. The van der Waals surface area contributed by atoms with Gasteiger partial charge in [0, 0.05) is 18.7 Å². The van der Waals surface area contributed by atoms with E-state index in [-0.39, 0.29) is 23.5 Å². The molecule has 1 atom stereocenters. The first-order chi connectivity index (χ1) is 12.5. The average molecular weight is 418 g/mol. The minimum atomic E-state index is -4.41. The number of carbonyl (C=O) groups is 1. The van der Waals surface area contributed by atoms with Gasteiger partial charge in [0.1, 0.15) is 9.88 Å². The summed E-state index contributed by atoms with van der Waals surface area (Å²) >= 11 is 1.09. The standard InChI is InChI=1S/C17H17F3N2O3S2/c1-10-14(16(23)22(2)13-7-8-27(24,25)9-13)26-15(21-10)11-3-5-12(6-4-11)17(18,19)20/h3-6,13H,7-9H2,1-2H3/t13-/m0/s1. The molecule has 1 aliphatic heterocycles. The zero-order valence-corrected chi connectivity index (χ0v) is 16.2. The van der Waals surface area contributed by atoms with Crippen LogP contribution in [0.15, 0.2) is 24.3 Å². The van der Waals surface area contributed by atoms with E-state index in [1.165, 1.54) is 17.0 Å². The minimum Gasteiger partial charge on any atom is -0.337 e. The molecule has 1 aliphatic rings. The molecule has 2 aromatic rings. The van der Waals surface area contributed by atoms with Crippen LogP contribution in [0.25, 0.3) is 10.6 Å². The number of sulfone groups is 1. The van der Waals surface area contributed by atoms with Crippen molar-refractivity contribution < 1.29 is 26.4 Å². The van der Waals surface area contributed by atoms with Crippen LogP contribution in [0.2, 0.25) is 0 Å². The predicted molar refractivity (Wildman–Crippen MR) is 96.4 cm³/mol. The molecule has 3 rings (SSSR count). The topological polar surface area (TPSA) is 67.3 Å². The van der Waals surface area contributed by atoms with Gasteiger partial charge in [-0.25, -0.2) is 13.4 Å². The minimum absolute atomic E-state index is 0.0567. The third kappa shape index (κ3) is 4.16. The van der Waals surface area contributed by atoms with Crippen molar-refractivity contribution in [1.82, 2.24) is 9.88 Å². The van der Waals surface area contributed by atoms with Crippen LogP contribution in [0.4, 0.5) is 13.2 Å². The van der Waals surface area contributed by atoms with E-state index in [0.29, 0.717) is 27.6 Å². The van der Waals surface area contributed by atoms with E-state index in [0.717, 1.165) is 23.5 Å². The summed E-state index contributed by atoms with van der Waals surface area (Å²) in [4.78, 5) is 18.8. The monoisotopic (exact) mass is 418 g/mol. The van der Waals surface area contributed by atoms with Crippen LogP contribution in [0.5, 0.6) is 0 Å². The highest BCUT2D eigenvalue weighted by Gasteiger charge is 2.34. The van der Waals surface area contributed by atoms with Crippen molar-refractivity contribution in [3.63, 3.8) is 0 Å². The van der Waals surface area contributed by atoms with Crippen molar-refractivity contribution in [3.8, 4) is 10.6 Å². The van der Waals surface area contributed by atoms with E-state index in [4.69, 9.17) is 0 Å². The van der Waals surface area contributed by atoms with E-state index in [9.17, 15) is 26.4 Å². The Morgan fingerprint density at radius 2 is 1.89 bits per heavy atom. The van der Waals surface area contributed by atoms with Crippen LogP contribution in [-0.4, -0.2) is 48.8 Å². The maximum absolute atomic E-state index is 12.7. The fraction of sp³-hybridized carbons (Fsp3) is 0.412. The average Bonchev–Trinajstić information content (AvgIpc) is 3.15. The first-order valence-electron chi connectivity index (χ1n) is 8.10. The summed E-state index contributed by atoms with van der Waals surface area (Å²) in [6.45, 7) is 1.65. The lowest BCUT2D eigenvalue weighted by molar-refractivity contribution is -0.137. The second kappa shape index (κ2) is 6.90. The number of thiazole rings is 1. The maximum atomic E-state index is 12.7. The van der Waals surface area contributed by atoms with Crippen LogP contribution in [0.1, 0.15) is 27.3 Å². The Morgan fingerprint density at radius 1 is 1.26 bits per heavy atom. The number of hydrogen-bond donors (Lipinski definition) is 0. The highest BCUT2D eigenvalue weighted by molar-refractivity contribution is 7.91. The molecular weight excluding hydrogens is 401 g/mol. The van der Waals surface area contributed by atoms with Gasteiger partial charge in [0.25, 0.3) is 5.91 Å². The van der Waals surface area contributed by atoms with Crippen LogP contribution in [0, 0.1) is 6.92 Å². The van der Waals surface area contributed by atoms with E-state index in [2.05, 4.69) is 4.98 Å². The molecule has 0 aliphatic carbocycles. The summed E-state index contributed by atoms with van der Waals surface area (Å²) in [5.41, 5.74) is 0.201. The highest BCUT2D eigenvalue weighted by Crippen LogP contribution is 2.33. The quantitative estimate of drug-likeness (QED) is 0.766. The molecule has 27 heavy (non-hydrogen) atoms. The van der Waals surface area contributed by atoms with Gasteiger partial charge in [-0.3, -0.25) is 4.79 Å². The molecule has 0 unspecified atom stereocenters. The molecule has 10 heteroatoms. The van der Waals surface area contributed by atoms with Gasteiger partial charge in [0.2, 0.25) is 0 Å². The number of benzene rings is 1. The van der Waals surface area contributed by atoms with Gasteiger partial charge in [0.15, 0.2) is 9.84 Å². The van der Waals surface area contributed by atoms with Gasteiger partial charge in [0.05, 0.1) is 22.8 Å². The third-order valence-electron chi connectivity index (χ3n) is 4.53. The van der Waals surface area contributed by atoms with Crippen LogP contribution >= 0.6 is 11.3 Å². The predicted octanol–water partition coefficient (Wildman–Crippen LogP) is 3.40. The van der Waals surface area contributed by atoms with Gasteiger partial charge in [-0.1, -0.05) is 12.1 Å². The zero-order valence-electron chi connectivity index (χ0n) is 14.6. The summed E-state index contributed by atoms with van der Waals surface area (Å²) in [5.74, 6) is -0.322. The SMILES string of the molecule is Cc1nc(-c2ccc(C(F)(F)F)cc2)sc1C(=O)N(C)[C@H]1CCS(=O)(=O)C1. The normalized spacial score (nSPS) is 19.2. The Balaban J connectivity index is 1.83. The van der Waals surface area contributed by atoms with E-state index in [1.807, 2.05) is 0 Å². The van der Waals surface area contributed by atoms with Crippen molar-refractivity contribution in [2.45, 2.75) is 25.6 Å². The van der Waals surface area contributed by atoms with Crippen molar-refractivity contribution in [1.29, 1.82) is 0 Å². The molecule has 1 aromatic heterocycles. The largest absolute Gasteiger partial charge is 0.416 e. The Bertz CT molecular complexity index is 966. The molecule has 0 N–H and O–H groups in total. The number of amides is 1. The highest BCUT2D eigenvalue weighted by atomic mass is 32.2. The second-order valence-electron chi connectivity index (χ2n) is 6.48. The zero-order chi connectivity index (χ0) is 20.0. The van der Waals surface area contributed by atoms with Crippen molar-refractivity contribution >= 4 is 27.1 Å². The van der Waals surface area contributed by atoms with Gasteiger partial charge < -0.3 is 4.90 Å². The summed E-state index contributed by atoms with van der Waals surface area (Å²) in [7, 11) is -1.56. The van der Waals surface area contributed by atoms with Gasteiger partial charge >= 0.3 is 6.18 Å². The number of nitrogens with zero attached hydrogens (tertiary/aromatic N) is 2. The Kier molecular flexibility index (Phi) is 5.06. The smallest absolute Gasteiger partial charge is 0.337 e. The molecule has 5 nitrogen and oxygen atoms in total. The van der Waals surface area contributed by atoms with Gasteiger partial charge in [-0.05, 0) is 25.5 Å². The molecule has 146 valence electrons. The van der Waals surface area contributed by atoms with Crippen molar-refractivity contribution in [3.05, 3.63) is 40.4 Å². The Morgan fingerprint density at radius 3 is 2.41 bits per heavy atom. The summed E-state index contributed by atoms with van der Waals surface area (Å²) < 4.78 is 61.3. The molecule has 1 aromatic carbocycles. The molecule has 2 heterocycles. The third-order valence-corrected chi connectivity index (χ3v) is 7.47. The number of rotatable bonds is 3. The number of carbonyl (C=O) groups excluding carboxylic acids is 1. The molecule has 0 saturated carbocycles. The summed E-state index contributed by atoms with van der Waals surface area (Å²) in [6.07, 6.45) is -4.02. The number of alkyl halides is 3. The summed E-state index contributed by atoms with van der Waals surface area (Å²) in [5, 5.41) is 0.442. The van der Waals surface area contributed by atoms with Crippen LogP contribution in [0.3, 0.4) is 0 Å². The first-order valence-corrected chi connectivity index (χ1v) is 10.7. The molecule has 1 saturated heterocycles. The fourth-order valence-electron chi connectivity index (χ4n) is 2.93. The van der Waals surface area contributed by atoms with Gasteiger partial charge in [-0.15, -0.1) is 11.3 Å². The number of aromatic nitrogens is 1. The number of hydrogen-bond acceptors (Lipinski definition) is 5. The van der Waals surface area contributed by atoms with E-state index in [1.54, 1.807) is 14.0 Å². The lowest BCUT2D eigenvalue weighted by Gasteiger charge is -2.22. The number of aryl methyl sites for hydroxylation is 1. The lowest BCUT2D eigenvalue weighted by atomic mass is 10.1. The van der Waals surface area contributed by atoms with Crippen LogP contribution in [-0.2, 0) is 16.0 Å². The molecule has 1 fully saturated rings. The van der Waals surface area contributed by atoms with E-state index < -0.39 is 21.6 Å². The fourth-order valence-corrected chi connectivity index (χ4v) is 5.76. The lowest BCUT2D eigenvalue weighted by Crippen LogP contribution is -2.37. The maximum Gasteiger partial charge on any atom is 0.416 e. The van der Waals surface area contributed by atoms with Gasteiger partial charge in [-0.2, -0.15) is 13.2 Å². The Hall–Kier alpha value is -1.94. The molecular formula is C17H17F3N2O3S2. The van der Waals surface area contributed by atoms with E-state index >= 15 is 0 Å². The van der Waals surface area contributed by atoms with Crippen molar-refractivity contribution in [2.75, 3.05) is 18.6 Å². The number of halogens is 3. The van der Waals surface area contributed by atoms with Crippen LogP contribution < -0.4 is 0 Å². The molecule has 1 amide bonds. The molecule has 0 bridgehead atoms. The summed E-state index contributed by atoms with van der Waals surface area (Å²) in [6, 6.07) is 4.22. The second-order valence-corrected chi connectivity index (χ2v) is 9.71. The Labute approximate surface area is 158 Å².